The summed E-state index contributed by atoms with van der Waals surface area (Å²) in [5.74, 6) is -6.12. The van der Waals surface area contributed by atoms with Gasteiger partial charge >= 0.3 is 18.0 Å². The van der Waals surface area contributed by atoms with E-state index in [1.165, 1.54) is 18.2 Å². The lowest BCUT2D eigenvalue weighted by atomic mass is 9.96. The van der Waals surface area contributed by atoms with Crippen molar-refractivity contribution in [1.29, 1.82) is 0 Å². The number of aliphatic carboxylic acids is 1. The molecule has 0 fully saturated rings. The average Bonchev–Trinajstić information content (AvgIpc) is 2.90. The van der Waals surface area contributed by atoms with Crippen LogP contribution in [0.2, 0.25) is 10.0 Å². The molecule has 0 aliphatic carbocycles. The van der Waals surface area contributed by atoms with E-state index in [0.717, 1.165) is 6.07 Å². The summed E-state index contributed by atoms with van der Waals surface area (Å²) < 4.78 is 62.5. The second-order valence-corrected chi connectivity index (χ2v) is 9.93. The minimum Gasteiger partial charge on any atom is -0.474 e. The number of rotatable bonds is 7. The number of esters is 1. The van der Waals surface area contributed by atoms with E-state index in [4.69, 9.17) is 33.0 Å². The molecule has 9 nitrogen and oxygen atoms in total. The molecular formula is C20H15Cl2F2NO8S. The number of fused-ring (bicyclic) bond motifs is 1. The molecule has 1 heterocycles. The zero-order chi connectivity index (χ0) is 25.6. The Kier molecular flexibility index (Phi) is 6.80. The number of benzene rings is 2. The normalized spacial score (nSPS) is 14.8. The van der Waals surface area contributed by atoms with Crippen molar-refractivity contribution in [2.45, 2.75) is 30.8 Å². The zero-order valence-corrected chi connectivity index (χ0v) is 19.7. The predicted molar refractivity (Wildman–Crippen MR) is 114 cm³/mol. The second-order valence-electron chi connectivity index (χ2n) is 7.28. The number of amides is 1. The Morgan fingerprint density at radius 2 is 1.76 bits per heavy atom. The monoisotopic (exact) mass is 537 g/mol. The van der Waals surface area contributed by atoms with Gasteiger partial charge in [-0.2, -0.15) is 13.1 Å². The first-order valence-electron chi connectivity index (χ1n) is 9.34. The summed E-state index contributed by atoms with van der Waals surface area (Å²) in [4.78, 5) is 35.3. The van der Waals surface area contributed by atoms with Crippen LogP contribution in [0.15, 0.2) is 35.2 Å². The molecule has 0 atom stereocenters. The molecule has 1 aliphatic rings. The topological polar surface area (TPSA) is 127 Å². The Hall–Kier alpha value is -2.96. The molecular weight excluding hydrogens is 523 g/mol. The number of sulfonamides is 1. The van der Waals surface area contributed by atoms with Gasteiger partial charge in [0.25, 0.3) is 15.9 Å². The molecule has 14 heteroatoms. The molecule has 0 aromatic heterocycles. The smallest absolute Gasteiger partial charge is 0.474 e. The maximum atomic E-state index is 13.6. The van der Waals surface area contributed by atoms with E-state index in [9.17, 15) is 31.6 Å². The fraction of sp³-hybridized carbons (Fsp3) is 0.250. The van der Waals surface area contributed by atoms with Gasteiger partial charge in [0, 0.05) is 6.07 Å². The lowest BCUT2D eigenvalue weighted by molar-refractivity contribution is -0.210. The van der Waals surface area contributed by atoms with Crippen molar-refractivity contribution in [3.05, 3.63) is 57.1 Å². The van der Waals surface area contributed by atoms with E-state index in [-0.39, 0.29) is 31.0 Å². The van der Waals surface area contributed by atoms with Gasteiger partial charge in [0.1, 0.15) is 10.6 Å². The molecule has 2 aromatic carbocycles. The first-order valence-corrected chi connectivity index (χ1v) is 11.5. The van der Waals surface area contributed by atoms with Crippen molar-refractivity contribution in [2.24, 2.45) is 0 Å². The van der Waals surface area contributed by atoms with Crippen molar-refractivity contribution in [3.63, 3.8) is 0 Å². The van der Waals surface area contributed by atoms with Gasteiger partial charge in [0.15, 0.2) is 6.73 Å². The number of carboxylic acid groups (broad SMARTS) is 1. The van der Waals surface area contributed by atoms with E-state index >= 15 is 0 Å². The Bertz CT molecular complexity index is 1290. The van der Waals surface area contributed by atoms with Crippen LogP contribution < -0.4 is 4.74 Å². The number of nitrogens with zero attached hydrogens (tertiary/aromatic N) is 1. The van der Waals surface area contributed by atoms with E-state index in [1.54, 1.807) is 13.8 Å². The first kappa shape index (κ1) is 25.7. The molecule has 1 N–H and O–H groups in total. The van der Waals surface area contributed by atoms with Crippen LogP contribution in [0.4, 0.5) is 8.78 Å². The highest BCUT2D eigenvalue weighted by Gasteiger charge is 2.47. The fourth-order valence-corrected chi connectivity index (χ4v) is 5.13. The molecule has 2 aromatic rings. The molecule has 0 radical (unpaired) electrons. The fourth-order valence-electron chi connectivity index (χ4n) is 3.11. The summed E-state index contributed by atoms with van der Waals surface area (Å²) in [7, 11) is -4.68. The highest BCUT2D eigenvalue weighted by Crippen LogP contribution is 2.40. The number of hydrogen-bond donors (Lipinski definition) is 1. The number of hydrogen-bond acceptors (Lipinski definition) is 7. The Morgan fingerprint density at radius 1 is 1.18 bits per heavy atom. The van der Waals surface area contributed by atoms with Crippen molar-refractivity contribution < 1.29 is 46.2 Å². The summed E-state index contributed by atoms with van der Waals surface area (Å²) in [6.45, 7) is 2.04. The van der Waals surface area contributed by atoms with Crippen LogP contribution in [-0.4, -0.2) is 48.5 Å². The van der Waals surface area contributed by atoms with Crippen LogP contribution in [0.5, 0.6) is 5.75 Å². The number of carboxylic acids is 1. The third-order valence-corrected chi connectivity index (χ3v) is 7.07. The van der Waals surface area contributed by atoms with Gasteiger partial charge in [-0.25, -0.2) is 18.0 Å². The summed E-state index contributed by atoms with van der Waals surface area (Å²) in [6, 6.07) is 5.72. The van der Waals surface area contributed by atoms with Crippen LogP contribution >= 0.6 is 23.2 Å². The van der Waals surface area contributed by atoms with E-state index in [2.05, 4.69) is 4.74 Å². The van der Waals surface area contributed by atoms with Gasteiger partial charge in [-0.05, 0) is 29.7 Å². The highest BCUT2D eigenvalue weighted by atomic mass is 35.5. The van der Waals surface area contributed by atoms with Crippen LogP contribution in [-0.2, 0) is 19.6 Å². The SMILES string of the molecule is CC(C)c1cc(OC(F)(F)C(=O)O)cc2c1C(=O)N(COC(=O)c1c(Cl)cccc1Cl)S2(=O)=O. The Morgan fingerprint density at radius 3 is 2.29 bits per heavy atom. The van der Waals surface area contributed by atoms with E-state index < -0.39 is 57.3 Å². The van der Waals surface area contributed by atoms with Crippen molar-refractivity contribution in [1.82, 2.24) is 4.31 Å². The third kappa shape index (κ3) is 4.52. The molecule has 182 valence electrons. The average molecular weight is 538 g/mol. The number of ether oxygens (including phenoxy) is 2. The largest absolute Gasteiger partial charge is 0.501 e. The lowest BCUT2D eigenvalue weighted by Gasteiger charge is -2.16. The van der Waals surface area contributed by atoms with Gasteiger partial charge in [-0.15, -0.1) is 0 Å². The summed E-state index contributed by atoms with van der Waals surface area (Å²) >= 11 is 11.8. The molecule has 1 aliphatic heterocycles. The quantitative estimate of drug-likeness (QED) is 0.522. The molecule has 3 rings (SSSR count). The van der Waals surface area contributed by atoms with E-state index in [1.807, 2.05) is 0 Å². The van der Waals surface area contributed by atoms with Crippen LogP contribution in [0, 0.1) is 0 Å². The van der Waals surface area contributed by atoms with Gasteiger partial charge in [-0.1, -0.05) is 43.1 Å². The molecule has 1 amide bonds. The predicted octanol–water partition coefficient (Wildman–Crippen LogP) is 4.13. The summed E-state index contributed by atoms with van der Waals surface area (Å²) in [5, 5.41) is 8.45. The number of carbonyl (C=O) groups excluding carboxylic acids is 2. The van der Waals surface area contributed by atoms with Gasteiger partial charge in [-0.3, -0.25) is 4.79 Å². The maximum absolute atomic E-state index is 13.6. The minimum atomic E-state index is -4.68. The summed E-state index contributed by atoms with van der Waals surface area (Å²) in [6.07, 6.45) is -4.65. The van der Waals surface area contributed by atoms with Crippen molar-refractivity contribution >= 4 is 51.1 Å². The molecule has 0 unspecified atom stereocenters. The maximum Gasteiger partial charge on any atom is 0.501 e. The Labute approximate surface area is 201 Å². The number of alkyl halides is 2. The molecule has 0 saturated heterocycles. The second kappa shape index (κ2) is 9.01. The highest BCUT2D eigenvalue weighted by molar-refractivity contribution is 7.90. The molecule has 34 heavy (non-hydrogen) atoms. The van der Waals surface area contributed by atoms with Crippen LogP contribution in [0.3, 0.4) is 0 Å². The van der Waals surface area contributed by atoms with E-state index in [0.29, 0.717) is 6.07 Å². The zero-order valence-electron chi connectivity index (χ0n) is 17.3. The van der Waals surface area contributed by atoms with Crippen LogP contribution in [0.25, 0.3) is 0 Å². The minimum absolute atomic E-state index is 0.00485. The molecule has 0 bridgehead atoms. The molecule has 0 saturated carbocycles. The summed E-state index contributed by atoms with van der Waals surface area (Å²) in [5.41, 5.74) is -0.583. The standard InChI is InChI=1S/C20H15Cl2F2NO8S/c1-9(2)11-6-10(33-20(23,24)19(28)29)7-14-15(11)17(26)25(34(14,30)31)8-32-18(27)16-12(21)4-3-5-13(16)22/h3-7,9H,8H2,1-2H3,(H,28,29). The van der Waals surface area contributed by atoms with Gasteiger partial charge < -0.3 is 14.6 Å². The van der Waals surface area contributed by atoms with Gasteiger partial charge in [0.2, 0.25) is 0 Å². The lowest BCUT2D eigenvalue weighted by Crippen LogP contribution is -2.34. The number of carbonyl (C=O) groups is 3. The number of halogens is 4. The first-order chi connectivity index (χ1) is 15.7. The van der Waals surface area contributed by atoms with Crippen LogP contribution in [0.1, 0.15) is 46.0 Å². The van der Waals surface area contributed by atoms with Crippen molar-refractivity contribution in [2.75, 3.05) is 6.73 Å². The molecule has 0 spiro atoms. The van der Waals surface area contributed by atoms with Crippen molar-refractivity contribution in [3.8, 4) is 5.75 Å². The Balaban J connectivity index is 1.98. The van der Waals surface area contributed by atoms with Gasteiger partial charge in [0.05, 0.1) is 21.2 Å². The third-order valence-electron chi connectivity index (χ3n) is 4.71.